The normalized spacial score (nSPS) is 13.4. The van der Waals surface area contributed by atoms with Crippen molar-refractivity contribution in [3.8, 4) is 0 Å². The summed E-state index contributed by atoms with van der Waals surface area (Å²) in [5.41, 5.74) is 6.65. The van der Waals surface area contributed by atoms with Crippen molar-refractivity contribution in [2.24, 2.45) is 17.9 Å². The molecule has 0 amide bonds. The van der Waals surface area contributed by atoms with E-state index in [1.807, 2.05) is 18.5 Å². The van der Waals surface area contributed by atoms with Crippen LogP contribution in [0.1, 0.15) is 29.9 Å². The lowest BCUT2D eigenvalue weighted by Gasteiger charge is -2.15. The number of halogens is 1. The molecule has 1 aromatic heterocycles. The van der Waals surface area contributed by atoms with E-state index in [9.17, 15) is 4.39 Å². The van der Waals surface area contributed by atoms with E-state index in [1.54, 1.807) is 12.4 Å². The first-order valence-electron chi connectivity index (χ1n) is 6.36. The molecule has 8 heteroatoms. The Morgan fingerprint density at radius 2 is 2.33 bits per heavy atom. The molecule has 0 saturated heterocycles. The van der Waals surface area contributed by atoms with Crippen LogP contribution in [-0.2, 0) is 13.6 Å². The second-order valence-electron chi connectivity index (χ2n) is 4.69. The van der Waals surface area contributed by atoms with Crippen molar-refractivity contribution < 1.29 is 9.60 Å². The molecule has 0 radical (unpaired) electrons. The quantitative estimate of drug-likeness (QED) is 0.329. The first-order chi connectivity index (χ1) is 10.0. The number of aromatic nitrogens is 3. The minimum absolute atomic E-state index is 0.0531. The summed E-state index contributed by atoms with van der Waals surface area (Å²) in [6.07, 6.45) is 1.62. The molecule has 7 nitrogen and oxygen atoms in total. The minimum Gasteiger partial charge on any atom is -0.409 e. The molecule has 1 unspecified atom stereocenters. The number of hydrogen-bond acceptors (Lipinski definition) is 5. The van der Waals surface area contributed by atoms with Gasteiger partial charge >= 0.3 is 0 Å². The Kier molecular flexibility index (Phi) is 4.49. The first kappa shape index (κ1) is 14.9. The summed E-state index contributed by atoms with van der Waals surface area (Å²) >= 11 is 0. The lowest BCUT2D eigenvalue weighted by atomic mass is 10.1. The number of hydrogen-bond donors (Lipinski definition) is 3. The zero-order valence-corrected chi connectivity index (χ0v) is 11.8. The van der Waals surface area contributed by atoms with E-state index in [0.717, 1.165) is 11.4 Å². The van der Waals surface area contributed by atoms with Crippen LogP contribution in [0.5, 0.6) is 0 Å². The molecule has 2 rings (SSSR count). The molecule has 1 atom stereocenters. The summed E-state index contributed by atoms with van der Waals surface area (Å²) in [7, 11) is 1.85. The second-order valence-corrected chi connectivity index (χ2v) is 4.69. The zero-order chi connectivity index (χ0) is 15.4. The van der Waals surface area contributed by atoms with Crippen molar-refractivity contribution in [1.29, 1.82) is 0 Å². The van der Waals surface area contributed by atoms with E-state index in [4.69, 9.17) is 10.9 Å². The van der Waals surface area contributed by atoms with Gasteiger partial charge in [0.05, 0.1) is 6.04 Å². The van der Waals surface area contributed by atoms with Crippen LogP contribution in [0.2, 0.25) is 0 Å². The summed E-state index contributed by atoms with van der Waals surface area (Å²) < 4.78 is 15.1. The number of oxime groups is 1. The van der Waals surface area contributed by atoms with Gasteiger partial charge in [-0.05, 0) is 24.6 Å². The maximum absolute atomic E-state index is 13.3. The first-order valence-corrected chi connectivity index (χ1v) is 6.36. The molecule has 0 aliphatic rings. The third-order valence-corrected chi connectivity index (χ3v) is 3.19. The molecule has 0 spiro atoms. The number of aryl methyl sites for hydroxylation is 1. The Morgan fingerprint density at radius 3 is 2.95 bits per heavy atom. The topological polar surface area (TPSA) is 101 Å². The number of amidine groups is 1. The molecule has 0 saturated carbocycles. The average molecular weight is 292 g/mol. The van der Waals surface area contributed by atoms with E-state index >= 15 is 0 Å². The number of rotatable bonds is 5. The molecule has 21 heavy (non-hydrogen) atoms. The van der Waals surface area contributed by atoms with E-state index in [-0.39, 0.29) is 11.9 Å². The fraction of sp³-hybridized carbons (Fsp3) is 0.308. The molecule has 1 heterocycles. The van der Waals surface area contributed by atoms with E-state index in [2.05, 4.69) is 20.7 Å². The number of nitrogens with one attached hydrogen (secondary N) is 1. The van der Waals surface area contributed by atoms with Gasteiger partial charge in [0.1, 0.15) is 18.0 Å². The van der Waals surface area contributed by atoms with Crippen LogP contribution in [0.4, 0.5) is 4.39 Å². The molecule has 0 fully saturated rings. The highest BCUT2D eigenvalue weighted by molar-refractivity contribution is 5.98. The largest absolute Gasteiger partial charge is 0.409 e. The molecule has 0 bridgehead atoms. The predicted octanol–water partition coefficient (Wildman–Crippen LogP) is 0.899. The van der Waals surface area contributed by atoms with Gasteiger partial charge in [-0.15, -0.1) is 10.2 Å². The lowest BCUT2D eigenvalue weighted by molar-refractivity contribution is 0.318. The summed E-state index contributed by atoms with van der Waals surface area (Å²) in [6.45, 7) is 2.36. The minimum atomic E-state index is -0.443. The molecule has 0 aliphatic carbocycles. The maximum atomic E-state index is 13.3. The van der Waals surface area contributed by atoms with Gasteiger partial charge in [0.15, 0.2) is 5.84 Å². The van der Waals surface area contributed by atoms with Crippen molar-refractivity contribution in [3.63, 3.8) is 0 Å². The summed E-state index contributed by atoms with van der Waals surface area (Å²) in [5.74, 6) is 0.210. The Balaban J connectivity index is 2.15. The van der Waals surface area contributed by atoms with Crippen LogP contribution in [0.25, 0.3) is 0 Å². The molecular weight excluding hydrogens is 275 g/mol. The van der Waals surface area contributed by atoms with Gasteiger partial charge < -0.3 is 20.8 Å². The van der Waals surface area contributed by atoms with Crippen molar-refractivity contribution in [2.45, 2.75) is 19.5 Å². The Morgan fingerprint density at radius 1 is 1.57 bits per heavy atom. The van der Waals surface area contributed by atoms with E-state index in [1.165, 1.54) is 12.1 Å². The number of nitrogens with zero attached hydrogens (tertiary/aromatic N) is 4. The molecule has 112 valence electrons. The highest BCUT2D eigenvalue weighted by atomic mass is 19.1. The highest BCUT2D eigenvalue weighted by Gasteiger charge is 2.13. The van der Waals surface area contributed by atoms with Crippen LogP contribution in [0, 0.1) is 5.82 Å². The Bertz CT molecular complexity index is 654. The molecular formula is C13H17FN6O. The third-order valence-electron chi connectivity index (χ3n) is 3.19. The maximum Gasteiger partial charge on any atom is 0.170 e. The second kappa shape index (κ2) is 6.31. The summed E-state index contributed by atoms with van der Waals surface area (Å²) in [4.78, 5) is 0. The zero-order valence-electron chi connectivity index (χ0n) is 11.8. The Labute approximate surface area is 121 Å². The van der Waals surface area contributed by atoms with Gasteiger partial charge in [-0.3, -0.25) is 0 Å². The van der Waals surface area contributed by atoms with Crippen molar-refractivity contribution in [1.82, 2.24) is 20.1 Å². The van der Waals surface area contributed by atoms with Gasteiger partial charge in [-0.1, -0.05) is 11.2 Å². The highest BCUT2D eigenvalue weighted by Crippen LogP contribution is 2.14. The standard InChI is InChI=1S/C13H17FN6O/c1-8(13-18-17-7-20(13)2)16-6-9-3-4-10(14)5-11(9)12(15)19-21/h3-5,7-8,16,21H,6H2,1-2H3,(H2,15,19). The fourth-order valence-electron chi connectivity index (χ4n) is 2.03. The van der Waals surface area contributed by atoms with Crippen LogP contribution >= 0.6 is 0 Å². The van der Waals surface area contributed by atoms with Crippen LogP contribution in [-0.4, -0.2) is 25.8 Å². The SMILES string of the molecule is CC(NCc1ccc(F)cc1C(N)=NO)c1nncn1C. The smallest absolute Gasteiger partial charge is 0.170 e. The lowest BCUT2D eigenvalue weighted by Crippen LogP contribution is -2.24. The van der Waals surface area contributed by atoms with Crippen LogP contribution in [0.3, 0.4) is 0 Å². The number of benzene rings is 1. The fourth-order valence-corrected chi connectivity index (χ4v) is 2.03. The Hall–Kier alpha value is -2.48. The van der Waals surface area contributed by atoms with Crippen molar-refractivity contribution in [3.05, 3.63) is 47.3 Å². The van der Waals surface area contributed by atoms with Gasteiger partial charge in [0, 0.05) is 19.2 Å². The number of nitrogens with two attached hydrogens (primary N) is 1. The molecule has 1 aromatic carbocycles. The van der Waals surface area contributed by atoms with Crippen molar-refractivity contribution >= 4 is 5.84 Å². The van der Waals surface area contributed by atoms with Gasteiger partial charge in [-0.25, -0.2) is 4.39 Å². The van der Waals surface area contributed by atoms with Gasteiger partial charge in [0.2, 0.25) is 0 Å². The van der Waals surface area contributed by atoms with Crippen LogP contribution in [0.15, 0.2) is 29.7 Å². The summed E-state index contributed by atoms with van der Waals surface area (Å²) in [5, 5.41) is 22.8. The van der Waals surface area contributed by atoms with Crippen molar-refractivity contribution in [2.75, 3.05) is 0 Å². The molecule has 0 aliphatic heterocycles. The molecule has 2 aromatic rings. The monoisotopic (exact) mass is 292 g/mol. The summed E-state index contributed by atoms with van der Waals surface area (Å²) in [6, 6.07) is 4.11. The predicted molar refractivity (Wildman–Crippen MR) is 75.2 cm³/mol. The van der Waals surface area contributed by atoms with Crippen LogP contribution < -0.4 is 11.1 Å². The third kappa shape index (κ3) is 3.34. The van der Waals surface area contributed by atoms with Gasteiger partial charge in [-0.2, -0.15) is 0 Å². The van der Waals surface area contributed by atoms with Gasteiger partial charge in [0.25, 0.3) is 0 Å². The average Bonchev–Trinajstić information content (AvgIpc) is 2.91. The van der Waals surface area contributed by atoms with E-state index in [0.29, 0.717) is 12.1 Å². The molecule has 4 N–H and O–H groups in total. The van der Waals surface area contributed by atoms with E-state index < -0.39 is 5.82 Å².